The molecule has 1 fully saturated rings. The highest BCUT2D eigenvalue weighted by molar-refractivity contribution is 5.74. The number of nitrogens with one attached hydrogen (secondary N) is 3. The van der Waals surface area contributed by atoms with Crippen LogP contribution < -0.4 is 21.1 Å². The van der Waals surface area contributed by atoms with E-state index in [-0.39, 0.29) is 31.6 Å². The Kier molecular flexibility index (Phi) is 8.04. The van der Waals surface area contributed by atoms with Gasteiger partial charge in [-0.3, -0.25) is 4.79 Å². The van der Waals surface area contributed by atoms with Gasteiger partial charge in [0.25, 0.3) is 5.56 Å². The van der Waals surface area contributed by atoms with E-state index in [4.69, 9.17) is 0 Å². The molecule has 196 valence electrons. The van der Waals surface area contributed by atoms with E-state index in [1.165, 1.54) is 17.1 Å². The van der Waals surface area contributed by atoms with Crippen molar-refractivity contribution in [2.45, 2.75) is 25.3 Å². The molecule has 1 aliphatic heterocycles. The molecule has 2 aromatic heterocycles. The normalized spacial score (nSPS) is 15.8. The number of H-pyrrole nitrogens is 1. The van der Waals surface area contributed by atoms with Gasteiger partial charge in [0.1, 0.15) is 5.56 Å². The van der Waals surface area contributed by atoms with Crippen LogP contribution in [0.5, 0.6) is 0 Å². The topological polar surface area (TPSA) is 119 Å². The summed E-state index contributed by atoms with van der Waals surface area (Å²) in [6.45, 7) is 2.86. The first-order valence-electron chi connectivity index (χ1n) is 10.6. The number of anilines is 2. The van der Waals surface area contributed by atoms with Gasteiger partial charge >= 0.3 is 18.4 Å². The maximum Gasteiger partial charge on any atom is 0.423 e. The van der Waals surface area contributed by atoms with Gasteiger partial charge in [-0.1, -0.05) is 12.2 Å². The van der Waals surface area contributed by atoms with E-state index in [1.54, 1.807) is 16.9 Å². The summed E-state index contributed by atoms with van der Waals surface area (Å²) in [7, 11) is 0. The van der Waals surface area contributed by atoms with Gasteiger partial charge in [-0.15, -0.1) is 0 Å². The molecule has 2 aromatic rings. The number of nitrogens with zero attached hydrogens (tertiary/aromatic N) is 5. The van der Waals surface area contributed by atoms with Crippen molar-refractivity contribution in [3.63, 3.8) is 0 Å². The molecule has 0 spiro atoms. The van der Waals surface area contributed by atoms with Crippen molar-refractivity contribution < 1.29 is 31.1 Å². The summed E-state index contributed by atoms with van der Waals surface area (Å²) in [4.78, 5) is 34.5. The number of urea groups is 1. The number of aromatic nitrogens is 4. The number of piperazine rings is 1. The van der Waals surface area contributed by atoms with E-state index in [1.807, 2.05) is 0 Å². The molecule has 2 amide bonds. The first-order chi connectivity index (χ1) is 16.9. The van der Waals surface area contributed by atoms with Crippen LogP contribution >= 0.6 is 0 Å². The number of alkyl halides is 6. The Morgan fingerprint density at radius 2 is 1.72 bits per heavy atom. The summed E-state index contributed by atoms with van der Waals surface area (Å²) >= 11 is 0. The van der Waals surface area contributed by atoms with Crippen LogP contribution in [-0.2, 0) is 12.4 Å². The Balaban J connectivity index is 1.45. The van der Waals surface area contributed by atoms with Crippen molar-refractivity contribution >= 4 is 17.7 Å². The number of carbonyl (C=O) groups is 1. The fourth-order valence-corrected chi connectivity index (χ4v) is 3.35. The Morgan fingerprint density at radius 1 is 1.08 bits per heavy atom. The lowest BCUT2D eigenvalue weighted by Crippen LogP contribution is -2.52. The summed E-state index contributed by atoms with van der Waals surface area (Å²) < 4.78 is 77.2. The van der Waals surface area contributed by atoms with Crippen LogP contribution in [0, 0.1) is 0 Å². The Bertz CT molecular complexity index is 1120. The molecule has 1 atom stereocenters. The van der Waals surface area contributed by atoms with Gasteiger partial charge in [-0.05, 0) is 6.92 Å². The molecule has 3 N–H and O–H groups in total. The Labute approximate surface area is 200 Å². The number of amides is 2. The first kappa shape index (κ1) is 26.7. The zero-order valence-corrected chi connectivity index (χ0v) is 18.8. The SMILES string of the molecule is C[C@H](/C=C/CNC(=O)N1CCN(c2ncc(C(F)(F)F)cn2)CC1)Nc1cn[nH]c(=O)c1C(F)(F)F. The van der Waals surface area contributed by atoms with Crippen LogP contribution in [-0.4, -0.2) is 69.9 Å². The molecular formula is C20H22F6N8O2. The minimum absolute atomic E-state index is 0.0901. The van der Waals surface area contributed by atoms with E-state index < -0.39 is 40.8 Å². The molecule has 16 heteroatoms. The molecule has 0 aromatic carbocycles. The molecule has 3 rings (SSSR count). The van der Waals surface area contributed by atoms with Crippen molar-refractivity contribution in [2.24, 2.45) is 0 Å². The number of aromatic amines is 1. The summed E-state index contributed by atoms with van der Waals surface area (Å²) in [5.74, 6) is 0.136. The lowest BCUT2D eigenvalue weighted by atomic mass is 10.2. The minimum Gasteiger partial charge on any atom is -0.377 e. The number of carbonyl (C=O) groups excluding carboxylic acids is 1. The third-order valence-corrected chi connectivity index (χ3v) is 5.13. The predicted octanol–water partition coefficient (Wildman–Crippen LogP) is 2.49. The largest absolute Gasteiger partial charge is 0.423 e. The van der Waals surface area contributed by atoms with Crippen molar-refractivity contribution in [1.82, 2.24) is 30.4 Å². The summed E-state index contributed by atoms with van der Waals surface area (Å²) in [6, 6.07) is -0.995. The lowest BCUT2D eigenvalue weighted by molar-refractivity contribution is -0.139. The monoisotopic (exact) mass is 520 g/mol. The average molecular weight is 520 g/mol. The van der Waals surface area contributed by atoms with E-state index in [2.05, 4.69) is 25.7 Å². The standard InChI is InChI=1S/C20H22F6N8O2/c1-12(31-14-11-30-32-16(35)15(14)20(24,25)26)3-2-4-27-18(36)34-7-5-33(6-8-34)17-28-9-13(10-29-17)19(21,22)23/h2-3,9-12H,4-8H2,1H3,(H,27,36)(H2,31,32,35)/b3-2+/t12-/m1/s1. The Hall–Kier alpha value is -3.85. The van der Waals surface area contributed by atoms with E-state index in [0.717, 1.165) is 6.20 Å². The van der Waals surface area contributed by atoms with Crippen LogP contribution in [0.15, 0.2) is 35.5 Å². The summed E-state index contributed by atoms with van der Waals surface area (Å²) in [6.07, 6.45) is -4.05. The molecule has 10 nitrogen and oxygen atoms in total. The van der Waals surface area contributed by atoms with Gasteiger partial charge in [0.15, 0.2) is 0 Å². The van der Waals surface area contributed by atoms with Crippen LogP contribution in [0.3, 0.4) is 0 Å². The maximum atomic E-state index is 13.1. The second kappa shape index (κ2) is 10.8. The third kappa shape index (κ3) is 6.85. The van der Waals surface area contributed by atoms with E-state index in [9.17, 15) is 35.9 Å². The fraction of sp³-hybridized carbons (Fsp3) is 0.450. The molecule has 1 saturated heterocycles. The van der Waals surface area contributed by atoms with E-state index >= 15 is 0 Å². The van der Waals surface area contributed by atoms with Crippen LogP contribution in [0.2, 0.25) is 0 Å². The average Bonchev–Trinajstić information content (AvgIpc) is 2.80. The van der Waals surface area contributed by atoms with Crippen LogP contribution in [0.25, 0.3) is 0 Å². The van der Waals surface area contributed by atoms with E-state index in [0.29, 0.717) is 25.5 Å². The van der Waals surface area contributed by atoms with Gasteiger partial charge in [-0.25, -0.2) is 19.9 Å². The van der Waals surface area contributed by atoms with Crippen molar-refractivity contribution in [3.05, 3.63) is 52.2 Å². The van der Waals surface area contributed by atoms with Crippen molar-refractivity contribution in [2.75, 3.05) is 42.9 Å². The number of rotatable bonds is 6. The smallest absolute Gasteiger partial charge is 0.377 e. The second-order valence-electron chi connectivity index (χ2n) is 7.78. The zero-order valence-electron chi connectivity index (χ0n) is 18.8. The highest BCUT2D eigenvalue weighted by Crippen LogP contribution is 2.31. The predicted molar refractivity (Wildman–Crippen MR) is 116 cm³/mol. The van der Waals surface area contributed by atoms with Gasteiger partial charge in [0.2, 0.25) is 5.95 Å². The quantitative estimate of drug-likeness (QED) is 0.396. The highest BCUT2D eigenvalue weighted by Gasteiger charge is 2.37. The highest BCUT2D eigenvalue weighted by atomic mass is 19.4. The minimum atomic E-state index is -4.86. The third-order valence-electron chi connectivity index (χ3n) is 5.13. The number of hydrogen-bond acceptors (Lipinski definition) is 7. The molecule has 3 heterocycles. The maximum absolute atomic E-state index is 13.1. The fourth-order valence-electron chi connectivity index (χ4n) is 3.35. The zero-order chi connectivity index (χ0) is 26.5. The van der Waals surface area contributed by atoms with Gasteiger partial charge in [-0.2, -0.15) is 31.4 Å². The number of halogens is 6. The summed E-state index contributed by atoms with van der Waals surface area (Å²) in [5, 5.41) is 10.3. The molecule has 0 unspecified atom stereocenters. The molecule has 0 bridgehead atoms. The lowest BCUT2D eigenvalue weighted by Gasteiger charge is -2.34. The summed E-state index contributed by atoms with van der Waals surface area (Å²) in [5.41, 5.74) is -4.16. The Morgan fingerprint density at radius 3 is 2.31 bits per heavy atom. The molecule has 0 aliphatic carbocycles. The van der Waals surface area contributed by atoms with Gasteiger partial charge < -0.3 is 20.4 Å². The molecule has 0 radical (unpaired) electrons. The van der Waals surface area contributed by atoms with Crippen LogP contribution in [0.4, 0.5) is 42.8 Å². The molecular weight excluding hydrogens is 498 g/mol. The number of hydrogen-bond donors (Lipinski definition) is 3. The molecule has 36 heavy (non-hydrogen) atoms. The van der Waals surface area contributed by atoms with Gasteiger partial charge in [0.05, 0.1) is 17.4 Å². The van der Waals surface area contributed by atoms with Crippen molar-refractivity contribution in [1.29, 1.82) is 0 Å². The molecule has 1 aliphatic rings. The van der Waals surface area contributed by atoms with Crippen molar-refractivity contribution in [3.8, 4) is 0 Å². The van der Waals surface area contributed by atoms with Gasteiger partial charge in [0, 0.05) is 51.2 Å². The van der Waals surface area contributed by atoms with Crippen LogP contribution in [0.1, 0.15) is 18.1 Å². The second-order valence-corrected chi connectivity index (χ2v) is 7.78. The first-order valence-corrected chi connectivity index (χ1v) is 10.6. The molecule has 0 saturated carbocycles.